The van der Waals surface area contributed by atoms with E-state index in [0.29, 0.717) is 63.2 Å². The molecule has 314 valence electrons. The Morgan fingerprint density at radius 2 is 1.21 bits per heavy atom. The first kappa shape index (κ1) is 45.9. The second-order valence-corrected chi connectivity index (χ2v) is 12.5. The van der Waals surface area contributed by atoms with Gasteiger partial charge in [-0.15, -0.1) is 20.4 Å². The van der Waals surface area contributed by atoms with E-state index in [1.807, 2.05) is 6.92 Å². The van der Waals surface area contributed by atoms with Crippen LogP contribution in [0.1, 0.15) is 14.7 Å². The first-order chi connectivity index (χ1) is 29.9. The molecule has 0 bridgehead atoms. The van der Waals surface area contributed by atoms with Crippen LogP contribution in [0.5, 0.6) is 0 Å². The molecule has 0 saturated carbocycles. The molecule has 2 saturated heterocycles. The number of amides is 2. The summed E-state index contributed by atoms with van der Waals surface area (Å²) in [5.41, 5.74) is 25.7. The summed E-state index contributed by atoms with van der Waals surface area (Å²) in [5.74, 6) is -0.177. The number of anilines is 2. The summed E-state index contributed by atoms with van der Waals surface area (Å²) in [7, 11) is 2.32. The summed E-state index contributed by atoms with van der Waals surface area (Å²) in [4.78, 5) is 42.0. The van der Waals surface area contributed by atoms with E-state index in [-0.39, 0.29) is 48.8 Å². The Kier molecular flexibility index (Phi) is 16.6. The van der Waals surface area contributed by atoms with E-state index in [0.717, 1.165) is 6.42 Å². The van der Waals surface area contributed by atoms with Crippen LogP contribution >= 0.6 is 0 Å². The molecular formula is C36H34F3N18NaO4. The quantitative estimate of drug-likeness (QED) is 0.0864. The standard InChI is InChI=1S/C18H17FN6O2.C17H14FN9O2.CH3F.N3.Na/c1-3-13-10-25(18(26)27-13)12-5-6-14(15(19)8-12)11-4-7-16(20-9-11)17-21-23-24(2)22-17;1-26-23-16(22-25-26)15-5-2-10(7-20-15)13-4-3-11(6-14(13)18)27-9-12(8-21-24-19)29-17(27)28;1-2;1-3-2;/h4-9,13H,3,10H2,1-2H3;2-7,12H,8-9H2,1H3;1H3;;/q;;;-1;+1/t13-;12-;;;/m00.../s1/i;;1D;;. The van der Waals surface area contributed by atoms with E-state index in [2.05, 4.69) is 50.8 Å². The number of aromatic nitrogens is 10. The topological polar surface area (TPSA) is 280 Å². The van der Waals surface area contributed by atoms with Gasteiger partial charge >= 0.3 is 41.7 Å². The number of azide groups is 1. The Balaban J connectivity index is 0.000000243. The van der Waals surface area contributed by atoms with Gasteiger partial charge in [-0.05, 0) is 70.9 Å². The number of benzene rings is 2. The zero-order chi connectivity index (χ0) is 44.8. The molecule has 0 unspecified atom stereocenters. The number of carbonyl (C=O) groups is 2. The van der Waals surface area contributed by atoms with Gasteiger partial charge in [0.25, 0.3) is 0 Å². The van der Waals surface area contributed by atoms with E-state index < -0.39 is 37.1 Å². The first-order valence-electron chi connectivity index (χ1n) is 18.5. The molecule has 22 nitrogen and oxygen atoms in total. The molecule has 8 rings (SSSR count). The molecule has 2 fully saturated rings. The number of ether oxygens (including phenoxy) is 2. The van der Waals surface area contributed by atoms with Crippen LogP contribution in [0.15, 0.2) is 78.2 Å². The smallest absolute Gasteiger partial charge is 0.444 e. The Morgan fingerprint density at radius 3 is 1.55 bits per heavy atom. The number of alkyl halides is 1. The number of carbonyl (C=O) groups excluding carboxylic acids is 2. The van der Waals surface area contributed by atoms with Crippen molar-refractivity contribution in [2.75, 3.05) is 36.6 Å². The van der Waals surface area contributed by atoms with E-state index >= 15 is 0 Å². The van der Waals surface area contributed by atoms with E-state index in [9.17, 15) is 22.8 Å². The van der Waals surface area contributed by atoms with Crippen LogP contribution in [0.25, 0.3) is 71.7 Å². The van der Waals surface area contributed by atoms with Crippen molar-refractivity contribution in [3.8, 4) is 45.3 Å². The molecule has 0 spiro atoms. The van der Waals surface area contributed by atoms with Gasteiger partial charge in [0.05, 0.1) is 53.6 Å². The molecule has 2 aliphatic rings. The van der Waals surface area contributed by atoms with Crippen molar-refractivity contribution < 1.29 is 63.2 Å². The largest absolute Gasteiger partial charge is 1.00 e. The van der Waals surface area contributed by atoms with Crippen molar-refractivity contribution in [1.82, 2.24) is 50.4 Å². The van der Waals surface area contributed by atoms with Crippen LogP contribution in [0.3, 0.4) is 0 Å². The molecule has 0 aliphatic carbocycles. The minimum atomic E-state index is -1.00. The number of hydrogen-bond donors (Lipinski definition) is 0. The van der Waals surface area contributed by atoms with Crippen LogP contribution in [-0.2, 0) is 23.6 Å². The Labute approximate surface area is 373 Å². The third-order valence-electron chi connectivity index (χ3n) is 8.70. The molecule has 4 aromatic heterocycles. The number of aryl methyl sites for hydroxylation is 2. The minimum absolute atomic E-state index is 0. The van der Waals surface area contributed by atoms with Crippen molar-refractivity contribution in [3.05, 3.63) is 111 Å². The van der Waals surface area contributed by atoms with Gasteiger partial charge in [-0.25, -0.2) is 18.4 Å². The molecule has 0 radical (unpaired) electrons. The summed E-state index contributed by atoms with van der Waals surface area (Å²) in [6.07, 6.45) is 2.01. The maximum Gasteiger partial charge on any atom is 1.00 e. The number of tetrazole rings is 2. The Bertz CT molecular complexity index is 2570. The van der Waals surface area contributed by atoms with E-state index in [1.165, 1.54) is 42.6 Å². The van der Waals surface area contributed by atoms with E-state index in [1.54, 1.807) is 68.8 Å². The van der Waals surface area contributed by atoms with Crippen LogP contribution in [0, 0.1) is 11.6 Å². The van der Waals surface area contributed by atoms with E-state index in [4.69, 9.17) is 27.4 Å². The molecule has 26 heteroatoms. The Hall–Kier alpha value is -7.17. The van der Waals surface area contributed by atoms with Crippen molar-refractivity contribution >= 4 is 23.6 Å². The molecule has 2 aliphatic heterocycles. The number of halogens is 3. The zero-order valence-electron chi connectivity index (χ0n) is 34.4. The summed E-state index contributed by atoms with van der Waals surface area (Å²) in [5, 5.41) is 26.9. The molecule has 6 heterocycles. The fourth-order valence-corrected chi connectivity index (χ4v) is 5.86. The van der Waals surface area contributed by atoms with Crippen molar-refractivity contribution in [1.29, 1.82) is 0 Å². The predicted molar refractivity (Wildman–Crippen MR) is 211 cm³/mol. The molecule has 2 aromatic carbocycles. The third kappa shape index (κ3) is 11.6. The second-order valence-electron chi connectivity index (χ2n) is 12.5. The average molecular weight is 864 g/mol. The molecule has 62 heavy (non-hydrogen) atoms. The summed E-state index contributed by atoms with van der Waals surface area (Å²) >= 11 is 0. The van der Waals surface area contributed by atoms with Crippen LogP contribution < -0.4 is 39.4 Å². The fraction of sp³-hybridized carbons (Fsp3) is 0.278. The molecule has 6 aromatic rings. The number of pyridine rings is 2. The van der Waals surface area contributed by atoms with Gasteiger partial charge in [-0.3, -0.25) is 29.1 Å². The molecule has 0 N–H and O–H groups in total. The average Bonchev–Trinajstić information content (AvgIpc) is 4.08. The van der Waals surface area contributed by atoms with Crippen molar-refractivity contribution in [2.45, 2.75) is 25.6 Å². The van der Waals surface area contributed by atoms with Crippen molar-refractivity contribution in [2.24, 2.45) is 19.2 Å². The summed E-state index contributed by atoms with van der Waals surface area (Å²) in [6, 6.07) is 16.0. The second kappa shape index (κ2) is 22.4. The molecule has 2 amide bonds. The zero-order valence-corrected chi connectivity index (χ0v) is 35.4. The van der Waals surface area contributed by atoms with Crippen LogP contribution in [-0.4, -0.2) is 102 Å². The summed E-state index contributed by atoms with van der Waals surface area (Å²) in [6.45, 7) is 2.57. The maximum atomic E-state index is 14.7. The van der Waals surface area contributed by atoms with Gasteiger partial charge in [-0.2, -0.15) is 9.59 Å². The number of nitrogens with zero attached hydrogens (tertiary/aromatic N) is 18. The van der Waals surface area contributed by atoms with Crippen LogP contribution in [0.2, 0.25) is 0 Å². The normalized spacial score (nSPS) is 15.1. The Morgan fingerprint density at radius 1 is 0.774 bits per heavy atom. The van der Waals surface area contributed by atoms with Gasteiger partial charge in [0.2, 0.25) is 11.6 Å². The maximum absolute atomic E-state index is 14.7. The van der Waals surface area contributed by atoms with Crippen molar-refractivity contribution in [3.63, 3.8) is 0 Å². The van der Waals surface area contributed by atoms with Crippen LogP contribution in [0.4, 0.5) is 34.1 Å². The summed E-state index contributed by atoms with van der Waals surface area (Å²) < 4.78 is 55.2. The first-order valence-corrected chi connectivity index (χ1v) is 17.7. The monoisotopic (exact) mass is 863 g/mol. The number of rotatable bonds is 9. The SMILES string of the molecule is CC[C@H]1CN(c2ccc(-c3ccc(-c4nnn(C)n4)nc3)c(F)c2)C(=O)O1.Cn1nnc(-c2ccc(-c3ccc(N4C[C@H](CN=[N+]=[N-])OC4=O)cc3F)cn2)n1.[2H]CF.[N-]=[N+]=[N-].[Na+]. The predicted octanol–water partition coefficient (Wildman–Crippen LogP) is 3.98. The third-order valence-corrected chi connectivity index (χ3v) is 8.70. The van der Waals surface area contributed by atoms with Gasteiger partial charge in [-0.1, -0.05) is 24.2 Å². The molecular weight excluding hydrogens is 829 g/mol. The van der Waals surface area contributed by atoms with Gasteiger partial charge in [0, 0.05) is 39.6 Å². The van der Waals surface area contributed by atoms with Gasteiger partial charge < -0.3 is 20.5 Å². The van der Waals surface area contributed by atoms with Gasteiger partial charge in [0.15, 0.2) is 0 Å². The molecule has 2 atom stereocenters. The minimum Gasteiger partial charge on any atom is -0.444 e. The fourth-order valence-electron chi connectivity index (χ4n) is 5.86. The van der Waals surface area contributed by atoms with Gasteiger partial charge in [0.1, 0.15) is 35.2 Å². The number of hydrogen-bond acceptors (Lipinski definition) is 13. The number of cyclic esters (lactones) is 2.